The zero-order valence-corrected chi connectivity index (χ0v) is 2.57. The molecule has 0 radical (unpaired) electrons. The minimum Gasteiger partial charge on any atom is -0.0991 e. The number of rotatable bonds is 1. The molecule has 0 heterocycles. The van der Waals surface area contributed by atoms with E-state index in [1.807, 2.05) is 0 Å². The Balaban J connectivity index is 0. The lowest BCUT2D eigenvalue weighted by molar-refractivity contribution is 2.15. The van der Waals surface area contributed by atoms with Gasteiger partial charge < -0.3 is 0 Å². The highest BCUT2D eigenvalue weighted by Crippen LogP contribution is 1.52. The average Bonchev–Trinajstić information content (AvgIpc) is 1.37. The molecular formula is C4H9Al. The molecule has 0 aromatic rings. The van der Waals surface area contributed by atoms with Gasteiger partial charge in [0.2, 0.25) is 0 Å². The van der Waals surface area contributed by atoms with Crippen LogP contribution in [0, 0.1) is 0 Å². The predicted molar refractivity (Wildman–Crippen MR) is 30.3 cm³/mol. The Labute approximate surface area is 43.3 Å². The number of hydrogen-bond acceptors (Lipinski definition) is 0. The molecule has 0 aromatic carbocycles. The standard InChI is InChI=1S/C4H6.Al.3H/c1-3-4-2;;;;/h3-4H,1-2H2;;;;. The molecule has 0 saturated carbocycles. The molecule has 0 rings (SSSR count). The van der Waals surface area contributed by atoms with Gasteiger partial charge in [-0.25, -0.2) is 0 Å². The maximum atomic E-state index is 3.36. The van der Waals surface area contributed by atoms with Crippen LogP contribution in [0.15, 0.2) is 25.3 Å². The van der Waals surface area contributed by atoms with Gasteiger partial charge in [-0.2, -0.15) is 0 Å². The molecule has 0 saturated heterocycles. The summed E-state index contributed by atoms with van der Waals surface area (Å²) in [5.41, 5.74) is 0. The summed E-state index contributed by atoms with van der Waals surface area (Å²) in [6.45, 7) is 6.72. The summed E-state index contributed by atoms with van der Waals surface area (Å²) in [5.74, 6) is 0. The maximum absolute atomic E-state index is 3.36. The Kier molecular flexibility index (Phi) is 16.0. The molecule has 5 heavy (non-hydrogen) atoms. The summed E-state index contributed by atoms with van der Waals surface area (Å²) in [4.78, 5) is 0. The zero-order chi connectivity index (χ0) is 3.41. The fourth-order valence-electron chi connectivity index (χ4n) is 0. The highest BCUT2D eigenvalue weighted by Gasteiger charge is 1.29. The summed E-state index contributed by atoms with van der Waals surface area (Å²) < 4.78 is 0. The Morgan fingerprint density at radius 1 is 1.00 bits per heavy atom. The van der Waals surface area contributed by atoms with Crippen molar-refractivity contribution in [2.45, 2.75) is 0 Å². The lowest BCUT2D eigenvalue weighted by atomic mass is 10.6. The molecule has 0 aliphatic heterocycles. The third-order valence-electron chi connectivity index (χ3n) is 0.167. The third-order valence-corrected chi connectivity index (χ3v) is 0.167. The van der Waals surface area contributed by atoms with Crippen molar-refractivity contribution >= 4 is 17.4 Å². The first-order chi connectivity index (χ1) is 1.91. The highest BCUT2D eigenvalue weighted by molar-refractivity contribution is 5.75. The first-order valence-electron chi connectivity index (χ1n) is 1.15. The fourth-order valence-corrected chi connectivity index (χ4v) is 0. The lowest BCUT2D eigenvalue weighted by Gasteiger charge is -1.44. The van der Waals surface area contributed by atoms with E-state index in [0.29, 0.717) is 0 Å². The Morgan fingerprint density at radius 2 is 1.20 bits per heavy atom. The van der Waals surface area contributed by atoms with E-state index in [9.17, 15) is 0 Å². The first kappa shape index (κ1) is 8.89. The van der Waals surface area contributed by atoms with Gasteiger partial charge in [0, 0.05) is 0 Å². The number of hydrogen-bond donors (Lipinski definition) is 0. The van der Waals surface area contributed by atoms with Gasteiger partial charge in [-0.05, 0) is 0 Å². The summed E-state index contributed by atoms with van der Waals surface area (Å²) in [6.07, 6.45) is 3.28. The second kappa shape index (κ2) is 8.99. The van der Waals surface area contributed by atoms with E-state index < -0.39 is 0 Å². The van der Waals surface area contributed by atoms with Crippen LogP contribution >= 0.6 is 0 Å². The Bertz CT molecular complexity index is 24.6. The van der Waals surface area contributed by atoms with E-state index in [0.717, 1.165) is 0 Å². The monoisotopic (exact) mass is 84.1 g/mol. The summed E-state index contributed by atoms with van der Waals surface area (Å²) >= 11 is 0. The molecule has 0 fully saturated rings. The molecule has 1 heteroatoms. The minimum absolute atomic E-state index is 0. The van der Waals surface area contributed by atoms with Crippen molar-refractivity contribution < 1.29 is 0 Å². The van der Waals surface area contributed by atoms with Crippen molar-refractivity contribution in [3.05, 3.63) is 25.3 Å². The third kappa shape index (κ3) is 15.9. The first-order valence-corrected chi connectivity index (χ1v) is 1.15. The predicted octanol–water partition coefficient (Wildman–Crippen LogP) is 0.174. The molecule has 28 valence electrons. The van der Waals surface area contributed by atoms with Crippen LogP contribution in [0.3, 0.4) is 0 Å². The van der Waals surface area contributed by atoms with Gasteiger partial charge in [0.1, 0.15) is 0 Å². The smallest absolute Gasteiger partial charge is 0.0991 e. The van der Waals surface area contributed by atoms with Gasteiger partial charge in [0.05, 0.1) is 0 Å². The van der Waals surface area contributed by atoms with Crippen molar-refractivity contribution in [1.29, 1.82) is 0 Å². The van der Waals surface area contributed by atoms with Crippen LogP contribution in [-0.4, -0.2) is 17.4 Å². The Morgan fingerprint density at radius 3 is 1.20 bits per heavy atom. The molecule has 0 nitrogen and oxygen atoms in total. The van der Waals surface area contributed by atoms with E-state index in [4.69, 9.17) is 0 Å². The van der Waals surface area contributed by atoms with Crippen LogP contribution in [0.5, 0.6) is 0 Å². The normalized spacial score (nSPS) is 4.00. The van der Waals surface area contributed by atoms with E-state index in [1.54, 1.807) is 12.2 Å². The fraction of sp³-hybridized carbons (Fsp3) is 0. The van der Waals surface area contributed by atoms with Crippen molar-refractivity contribution in [2.75, 3.05) is 0 Å². The SMILES string of the molecule is C=CC=C.[AlH3]. The van der Waals surface area contributed by atoms with Crippen LogP contribution in [0.1, 0.15) is 0 Å². The minimum atomic E-state index is 0. The molecule has 0 bridgehead atoms. The molecule has 0 aromatic heterocycles. The van der Waals surface area contributed by atoms with E-state index in [1.165, 1.54) is 0 Å². The molecule has 0 N–H and O–H groups in total. The maximum Gasteiger partial charge on any atom is 0.187 e. The van der Waals surface area contributed by atoms with Gasteiger partial charge in [-0.1, -0.05) is 25.3 Å². The Hall–Kier alpha value is 0.0125. The molecule has 0 aliphatic rings. The lowest BCUT2D eigenvalue weighted by Crippen LogP contribution is -1.21. The molecule has 0 atom stereocenters. The second-order valence-electron chi connectivity index (χ2n) is 0.471. The van der Waals surface area contributed by atoms with Crippen LogP contribution in [-0.2, 0) is 0 Å². The van der Waals surface area contributed by atoms with Crippen molar-refractivity contribution in [1.82, 2.24) is 0 Å². The summed E-state index contributed by atoms with van der Waals surface area (Å²) in [7, 11) is 0. The van der Waals surface area contributed by atoms with Crippen LogP contribution in [0.2, 0.25) is 0 Å². The van der Waals surface area contributed by atoms with Gasteiger partial charge in [-0.3, -0.25) is 0 Å². The van der Waals surface area contributed by atoms with Crippen molar-refractivity contribution in [3.63, 3.8) is 0 Å². The topological polar surface area (TPSA) is 0 Å². The number of allylic oxidation sites excluding steroid dienone is 2. The van der Waals surface area contributed by atoms with Crippen molar-refractivity contribution in [3.8, 4) is 0 Å². The highest BCUT2D eigenvalue weighted by atomic mass is 27.0. The second-order valence-corrected chi connectivity index (χ2v) is 0.471. The molecule has 0 amide bonds. The summed E-state index contributed by atoms with van der Waals surface area (Å²) in [6, 6.07) is 0. The zero-order valence-electron chi connectivity index (χ0n) is 2.57. The van der Waals surface area contributed by atoms with Gasteiger partial charge in [0.25, 0.3) is 0 Å². The van der Waals surface area contributed by atoms with Crippen LogP contribution < -0.4 is 0 Å². The van der Waals surface area contributed by atoms with Gasteiger partial charge >= 0.3 is 0 Å². The van der Waals surface area contributed by atoms with Crippen LogP contribution in [0.4, 0.5) is 0 Å². The molecule has 0 spiro atoms. The van der Waals surface area contributed by atoms with E-state index in [-0.39, 0.29) is 17.4 Å². The molecule has 0 aliphatic carbocycles. The average molecular weight is 84.1 g/mol. The molecular weight excluding hydrogens is 75.0 g/mol. The molecule has 0 unspecified atom stereocenters. The van der Waals surface area contributed by atoms with Gasteiger partial charge in [-0.15, -0.1) is 0 Å². The largest absolute Gasteiger partial charge is 0.187 e. The quantitative estimate of drug-likeness (QED) is 0.314. The van der Waals surface area contributed by atoms with E-state index in [2.05, 4.69) is 13.2 Å². The van der Waals surface area contributed by atoms with Crippen molar-refractivity contribution in [2.24, 2.45) is 0 Å². The summed E-state index contributed by atoms with van der Waals surface area (Å²) in [5, 5.41) is 0. The van der Waals surface area contributed by atoms with Gasteiger partial charge in [0.15, 0.2) is 17.4 Å². The van der Waals surface area contributed by atoms with Crippen LogP contribution in [0.25, 0.3) is 0 Å². The van der Waals surface area contributed by atoms with E-state index >= 15 is 0 Å².